The maximum Gasteiger partial charge on any atom is 0.371 e. The Morgan fingerprint density at radius 1 is 1.41 bits per heavy atom. The van der Waals surface area contributed by atoms with Gasteiger partial charge in [0, 0.05) is 11.8 Å². The van der Waals surface area contributed by atoms with Crippen LogP contribution in [0.1, 0.15) is 28.0 Å². The summed E-state index contributed by atoms with van der Waals surface area (Å²) in [6.45, 7) is 0. The molecule has 0 bridgehead atoms. The molecule has 0 aliphatic carbocycles. The number of halogens is 1. The van der Waals surface area contributed by atoms with E-state index >= 15 is 0 Å². The second-order valence-corrected chi connectivity index (χ2v) is 3.35. The normalized spacial score (nSPS) is 12.4. The van der Waals surface area contributed by atoms with Crippen molar-refractivity contribution in [3.63, 3.8) is 0 Å². The van der Waals surface area contributed by atoms with E-state index < -0.39 is 17.9 Å². The average Bonchev–Trinajstić information content (AvgIpc) is 2.77. The van der Waals surface area contributed by atoms with E-state index in [0.29, 0.717) is 0 Å². The predicted molar refractivity (Wildman–Crippen MR) is 53.9 cm³/mol. The zero-order chi connectivity index (χ0) is 12.4. The van der Waals surface area contributed by atoms with Crippen molar-refractivity contribution in [1.82, 2.24) is 4.98 Å². The van der Waals surface area contributed by atoms with Crippen molar-refractivity contribution in [3.05, 3.63) is 53.5 Å². The summed E-state index contributed by atoms with van der Waals surface area (Å²) in [5.74, 6) is -2.09. The van der Waals surface area contributed by atoms with E-state index in [9.17, 15) is 14.3 Å². The fourth-order valence-corrected chi connectivity index (χ4v) is 1.36. The molecule has 17 heavy (non-hydrogen) atoms. The minimum atomic E-state index is -1.24. The highest BCUT2D eigenvalue weighted by molar-refractivity contribution is 5.84. The van der Waals surface area contributed by atoms with E-state index in [-0.39, 0.29) is 17.1 Å². The van der Waals surface area contributed by atoms with Crippen LogP contribution in [0.4, 0.5) is 4.39 Å². The van der Waals surface area contributed by atoms with E-state index in [4.69, 9.17) is 9.52 Å². The van der Waals surface area contributed by atoms with Crippen LogP contribution < -0.4 is 0 Å². The monoisotopic (exact) mass is 237 g/mol. The Labute approximate surface area is 95.1 Å². The molecule has 0 spiro atoms. The number of hydrogen-bond donors (Lipinski definition) is 2. The van der Waals surface area contributed by atoms with Gasteiger partial charge in [-0.25, -0.2) is 9.18 Å². The molecule has 88 valence electrons. The van der Waals surface area contributed by atoms with Gasteiger partial charge in [0.25, 0.3) is 0 Å². The third-order valence-corrected chi connectivity index (χ3v) is 2.15. The first-order chi connectivity index (χ1) is 8.08. The van der Waals surface area contributed by atoms with Crippen LogP contribution in [0.3, 0.4) is 0 Å². The molecular weight excluding hydrogens is 229 g/mol. The summed E-state index contributed by atoms with van der Waals surface area (Å²) in [7, 11) is 0. The van der Waals surface area contributed by atoms with Crippen molar-refractivity contribution in [2.45, 2.75) is 6.10 Å². The fourth-order valence-electron chi connectivity index (χ4n) is 1.36. The molecule has 2 N–H and O–H groups in total. The molecule has 0 amide bonds. The summed E-state index contributed by atoms with van der Waals surface area (Å²) in [6, 6.07) is 3.63. The number of nitrogens with zero attached hydrogens (tertiary/aromatic N) is 1. The number of aromatic carboxylic acids is 1. The summed E-state index contributed by atoms with van der Waals surface area (Å²) in [5, 5.41) is 18.5. The van der Waals surface area contributed by atoms with Gasteiger partial charge in [-0.05, 0) is 18.2 Å². The standard InChI is InChI=1S/C11H8FNO4/c12-7-3-6(4-13-5-7)10(14)8-1-2-9(17-8)11(15)16/h1-5,10,14H,(H,15,16). The number of furan rings is 1. The number of rotatable bonds is 3. The molecule has 0 saturated heterocycles. The molecule has 2 heterocycles. The number of hydrogen-bond acceptors (Lipinski definition) is 4. The largest absolute Gasteiger partial charge is 0.475 e. The van der Waals surface area contributed by atoms with E-state index in [1.807, 2.05) is 0 Å². The first kappa shape index (κ1) is 11.3. The van der Waals surface area contributed by atoms with Gasteiger partial charge < -0.3 is 14.6 Å². The summed E-state index contributed by atoms with van der Waals surface area (Å²) in [6.07, 6.45) is 1.03. The number of aliphatic hydroxyl groups is 1. The van der Waals surface area contributed by atoms with Crippen LogP contribution in [0.2, 0.25) is 0 Å². The highest BCUT2D eigenvalue weighted by Crippen LogP contribution is 2.23. The molecule has 0 aliphatic heterocycles. The molecule has 0 saturated carbocycles. The zero-order valence-electron chi connectivity index (χ0n) is 8.50. The van der Waals surface area contributed by atoms with Gasteiger partial charge in [-0.3, -0.25) is 4.98 Å². The lowest BCUT2D eigenvalue weighted by Gasteiger charge is -2.06. The first-order valence-corrected chi connectivity index (χ1v) is 4.69. The Bertz CT molecular complexity index is 552. The number of aliphatic hydroxyl groups excluding tert-OH is 1. The SMILES string of the molecule is O=C(O)c1ccc(C(O)c2cncc(F)c2)o1. The van der Waals surface area contributed by atoms with Crippen molar-refractivity contribution < 1.29 is 23.8 Å². The van der Waals surface area contributed by atoms with Gasteiger partial charge in [0.1, 0.15) is 17.7 Å². The van der Waals surface area contributed by atoms with Crippen LogP contribution in [0.5, 0.6) is 0 Å². The third kappa shape index (κ3) is 2.31. The van der Waals surface area contributed by atoms with E-state index in [1.165, 1.54) is 18.3 Å². The van der Waals surface area contributed by atoms with Crippen LogP contribution in [-0.4, -0.2) is 21.2 Å². The molecule has 2 rings (SSSR count). The lowest BCUT2D eigenvalue weighted by molar-refractivity contribution is 0.0655. The van der Waals surface area contributed by atoms with Gasteiger partial charge in [-0.1, -0.05) is 0 Å². The summed E-state index contributed by atoms with van der Waals surface area (Å²) >= 11 is 0. The minimum absolute atomic E-state index is 0.0230. The molecule has 0 aliphatic rings. The molecule has 6 heteroatoms. The van der Waals surface area contributed by atoms with Gasteiger partial charge in [0.05, 0.1) is 6.20 Å². The second-order valence-electron chi connectivity index (χ2n) is 3.35. The summed E-state index contributed by atoms with van der Waals surface area (Å²) in [4.78, 5) is 14.2. The van der Waals surface area contributed by atoms with E-state index in [2.05, 4.69) is 4.98 Å². The summed E-state index contributed by atoms with van der Waals surface area (Å²) in [5.41, 5.74) is 0.191. The molecular formula is C11H8FNO4. The van der Waals surface area contributed by atoms with Crippen LogP contribution in [0.15, 0.2) is 35.0 Å². The smallest absolute Gasteiger partial charge is 0.371 e. The lowest BCUT2D eigenvalue weighted by atomic mass is 10.1. The Kier molecular flexibility index (Phi) is 2.88. The highest BCUT2D eigenvalue weighted by Gasteiger charge is 2.18. The van der Waals surface area contributed by atoms with Crippen molar-refractivity contribution in [2.24, 2.45) is 0 Å². The molecule has 5 nitrogen and oxygen atoms in total. The Morgan fingerprint density at radius 3 is 2.76 bits per heavy atom. The van der Waals surface area contributed by atoms with Crippen LogP contribution in [-0.2, 0) is 0 Å². The molecule has 2 aromatic rings. The number of aromatic nitrogens is 1. The van der Waals surface area contributed by atoms with Crippen molar-refractivity contribution in [1.29, 1.82) is 0 Å². The van der Waals surface area contributed by atoms with Gasteiger partial charge in [-0.2, -0.15) is 0 Å². The first-order valence-electron chi connectivity index (χ1n) is 4.69. The quantitative estimate of drug-likeness (QED) is 0.846. The molecule has 2 aromatic heterocycles. The number of carbonyl (C=O) groups is 1. The number of carboxylic acid groups (broad SMARTS) is 1. The van der Waals surface area contributed by atoms with Crippen LogP contribution in [0.25, 0.3) is 0 Å². The molecule has 1 atom stereocenters. The maximum absolute atomic E-state index is 12.9. The average molecular weight is 237 g/mol. The van der Waals surface area contributed by atoms with Gasteiger partial charge in [0.2, 0.25) is 5.76 Å². The third-order valence-electron chi connectivity index (χ3n) is 2.15. The summed E-state index contributed by atoms with van der Waals surface area (Å²) < 4.78 is 17.8. The fraction of sp³-hybridized carbons (Fsp3) is 0.0909. The van der Waals surface area contributed by atoms with Gasteiger partial charge in [-0.15, -0.1) is 0 Å². The molecule has 1 unspecified atom stereocenters. The number of pyridine rings is 1. The van der Waals surface area contributed by atoms with Gasteiger partial charge in [0.15, 0.2) is 0 Å². The lowest BCUT2D eigenvalue weighted by Crippen LogP contribution is -2.00. The van der Waals surface area contributed by atoms with Crippen molar-refractivity contribution in [2.75, 3.05) is 0 Å². The Hall–Kier alpha value is -2.21. The zero-order valence-corrected chi connectivity index (χ0v) is 8.50. The van der Waals surface area contributed by atoms with Crippen LogP contribution >= 0.6 is 0 Å². The van der Waals surface area contributed by atoms with Crippen molar-refractivity contribution >= 4 is 5.97 Å². The number of carboxylic acids is 1. The Morgan fingerprint density at radius 2 is 2.18 bits per heavy atom. The van der Waals surface area contributed by atoms with E-state index in [1.54, 1.807) is 0 Å². The molecule has 0 aromatic carbocycles. The van der Waals surface area contributed by atoms with Crippen LogP contribution in [0, 0.1) is 5.82 Å². The maximum atomic E-state index is 12.9. The Balaban J connectivity index is 2.30. The highest BCUT2D eigenvalue weighted by atomic mass is 19.1. The predicted octanol–water partition coefficient (Wildman–Crippen LogP) is 1.59. The van der Waals surface area contributed by atoms with Crippen molar-refractivity contribution in [3.8, 4) is 0 Å². The van der Waals surface area contributed by atoms with E-state index in [0.717, 1.165) is 12.3 Å². The minimum Gasteiger partial charge on any atom is -0.475 e. The molecule has 0 radical (unpaired) electrons. The topological polar surface area (TPSA) is 83.6 Å². The molecule has 0 fully saturated rings. The van der Waals surface area contributed by atoms with Gasteiger partial charge >= 0.3 is 5.97 Å². The second kappa shape index (κ2) is 4.34.